The number of nitrogens with one attached hydrogen (secondary N) is 2. The normalized spacial score (nSPS) is 15.7. The van der Waals surface area contributed by atoms with Crippen molar-refractivity contribution in [2.24, 2.45) is 0 Å². The first-order valence-electron chi connectivity index (χ1n) is 14.2. The predicted octanol–water partition coefficient (Wildman–Crippen LogP) is 5.37. The Morgan fingerprint density at radius 3 is 2.60 bits per heavy atom. The number of carbonyl (C=O) groups excluding carboxylic acids is 2. The van der Waals surface area contributed by atoms with Crippen LogP contribution >= 0.6 is 11.3 Å². The highest BCUT2D eigenvalue weighted by molar-refractivity contribution is 7.91. The van der Waals surface area contributed by atoms with E-state index in [1.165, 1.54) is 74.0 Å². The van der Waals surface area contributed by atoms with Crippen molar-refractivity contribution in [2.45, 2.75) is 42.0 Å². The van der Waals surface area contributed by atoms with Crippen LogP contribution in [-0.2, 0) is 16.4 Å². The molecule has 10 heteroatoms. The van der Waals surface area contributed by atoms with E-state index in [1.54, 1.807) is 18.3 Å². The number of likely N-dealkylation sites (tertiary alicyclic amines) is 1. The zero-order valence-electron chi connectivity index (χ0n) is 23.4. The molecule has 8 nitrogen and oxygen atoms in total. The van der Waals surface area contributed by atoms with Gasteiger partial charge in [-0.2, -0.15) is 0 Å². The maximum absolute atomic E-state index is 13.2. The summed E-state index contributed by atoms with van der Waals surface area (Å²) in [6.45, 7) is 3.66. The lowest BCUT2D eigenvalue weighted by atomic mass is 10.1. The zero-order valence-corrected chi connectivity index (χ0v) is 25.1. The number of thiazole rings is 1. The molecule has 0 radical (unpaired) electrons. The minimum Gasteiger partial charge on any atom is -0.347 e. The van der Waals surface area contributed by atoms with Crippen molar-refractivity contribution in [3.63, 3.8) is 0 Å². The first-order valence-corrected chi connectivity index (χ1v) is 16.5. The SMILES string of the molecule is O=C(NCc1cnc(-c2ccc(C#CCCN3CCCCC3)cc2)s1)c1ccc2c(c1)NC(=O)c1ccccc1S2(=O)=O. The molecule has 3 aromatic carbocycles. The van der Waals surface area contributed by atoms with Crippen LogP contribution in [0, 0.1) is 11.8 Å². The third-order valence-corrected chi connectivity index (χ3v) is 10.5. The number of sulfone groups is 1. The molecular weight excluding hydrogens is 581 g/mol. The molecule has 1 fully saturated rings. The summed E-state index contributed by atoms with van der Waals surface area (Å²) in [5.41, 5.74) is 2.32. The van der Waals surface area contributed by atoms with Gasteiger partial charge in [-0.25, -0.2) is 13.4 Å². The minimum atomic E-state index is -3.94. The number of aromatic nitrogens is 1. The van der Waals surface area contributed by atoms with Gasteiger partial charge in [0.2, 0.25) is 9.84 Å². The molecule has 6 rings (SSSR count). The molecular formula is C33H30N4O4S2. The molecule has 2 N–H and O–H groups in total. The van der Waals surface area contributed by atoms with Gasteiger partial charge >= 0.3 is 0 Å². The fraction of sp³-hybridized carbons (Fsp3) is 0.242. The highest BCUT2D eigenvalue weighted by Crippen LogP contribution is 2.34. The number of anilines is 1. The molecule has 43 heavy (non-hydrogen) atoms. The summed E-state index contributed by atoms with van der Waals surface area (Å²) in [5, 5.41) is 6.34. The highest BCUT2D eigenvalue weighted by Gasteiger charge is 2.31. The Labute approximate surface area is 255 Å². The van der Waals surface area contributed by atoms with Gasteiger partial charge < -0.3 is 15.5 Å². The van der Waals surface area contributed by atoms with Crippen molar-refractivity contribution in [1.29, 1.82) is 0 Å². The van der Waals surface area contributed by atoms with Gasteiger partial charge in [0.25, 0.3) is 11.8 Å². The van der Waals surface area contributed by atoms with Crippen LogP contribution in [0.5, 0.6) is 0 Å². The Morgan fingerprint density at radius 1 is 1.00 bits per heavy atom. The lowest BCUT2D eigenvalue weighted by Crippen LogP contribution is -2.30. The number of carbonyl (C=O) groups is 2. The summed E-state index contributed by atoms with van der Waals surface area (Å²) < 4.78 is 26.4. The summed E-state index contributed by atoms with van der Waals surface area (Å²) in [6.07, 6.45) is 6.53. The number of rotatable bonds is 6. The topological polar surface area (TPSA) is 108 Å². The van der Waals surface area contributed by atoms with Crippen LogP contribution in [0.1, 0.15) is 56.8 Å². The Balaban J connectivity index is 1.07. The van der Waals surface area contributed by atoms with E-state index < -0.39 is 21.7 Å². The first kappa shape index (κ1) is 28.8. The van der Waals surface area contributed by atoms with E-state index in [1.807, 2.05) is 24.3 Å². The van der Waals surface area contributed by atoms with Crippen molar-refractivity contribution in [3.05, 3.63) is 94.5 Å². The summed E-state index contributed by atoms with van der Waals surface area (Å²) in [7, 11) is -3.94. The summed E-state index contributed by atoms with van der Waals surface area (Å²) in [6, 6.07) is 18.3. The number of hydrogen-bond acceptors (Lipinski definition) is 7. The van der Waals surface area contributed by atoms with Crippen LogP contribution in [-0.4, -0.2) is 49.8 Å². The third-order valence-electron chi connectivity index (χ3n) is 7.54. The molecule has 3 heterocycles. The molecule has 0 saturated carbocycles. The van der Waals surface area contributed by atoms with Crippen molar-refractivity contribution in [3.8, 4) is 22.4 Å². The molecule has 218 valence electrons. The fourth-order valence-electron chi connectivity index (χ4n) is 5.25. The molecule has 2 aliphatic rings. The molecule has 0 spiro atoms. The number of piperidine rings is 1. The maximum Gasteiger partial charge on any atom is 0.257 e. The first-order chi connectivity index (χ1) is 20.9. The average molecular weight is 611 g/mol. The average Bonchev–Trinajstić information content (AvgIpc) is 3.49. The van der Waals surface area contributed by atoms with E-state index in [-0.39, 0.29) is 33.2 Å². The molecule has 2 amide bonds. The third kappa shape index (κ3) is 6.39. The van der Waals surface area contributed by atoms with E-state index in [4.69, 9.17) is 0 Å². The van der Waals surface area contributed by atoms with E-state index in [9.17, 15) is 18.0 Å². The lowest BCUT2D eigenvalue weighted by molar-refractivity contribution is 0.0949. The minimum absolute atomic E-state index is 0.0519. The van der Waals surface area contributed by atoms with Crippen LogP contribution < -0.4 is 10.6 Å². The van der Waals surface area contributed by atoms with E-state index in [0.717, 1.165) is 34.0 Å². The van der Waals surface area contributed by atoms with Crippen LogP contribution in [0.25, 0.3) is 10.6 Å². The number of benzene rings is 3. The molecule has 1 saturated heterocycles. The smallest absolute Gasteiger partial charge is 0.257 e. The standard InChI is InChI=1S/C33H30N4O4S2/c38-31(25-15-16-30-28(20-25)36-32(39)27-9-2-3-10-29(27)43(30,40)41)34-21-26-22-35-33(42-26)24-13-11-23(12-14-24)8-4-7-19-37-17-5-1-6-18-37/h2-3,9-16,20,22H,1,5-7,17-19,21H2,(H,34,38)(H,36,39). The molecule has 1 aromatic heterocycles. The van der Waals surface area contributed by atoms with E-state index in [2.05, 4.69) is 32.4 Å². The van der Waals surface area contributed by atoms with Crippen LogP contribution in [0.4, 0.5) is 5.69 Å². The molecule has 4 aromatic rings. The van der Waals surface area contributed by atoms with Gasteiger partial charge in [0.1, 0.15) is 5.01 Å². The largest absolute Gasteiger partial charge is 0.347 e. The number of amides is 2. The Bertz CT molecular complexity index is 1850. The fourth-order valence-corrected chi connectivity index (χ4v) is 7.70. The van der Waals surface area contributed by atoms with Gasteiger partial charge in [0.15, 0.2) is 0 Å². The second-order valence-corrected chi connectivity index (χ2v) is 13.5. The Hall–Kier alpha value is -4.30. The summed E-state index contributed by atoms with van der Waals surface area (Å²) >= 11 is 1.48. The molecule has 0 atom stereocenters. The van der Waals surface area contributed by atoms with E-state index >= 15 is 0 Å². The Morgan fingerprint density at radius 2 is 1.79 bits per heavy atom. The Kier molecular flexibility index (Phi) is 8.38. The zero-order chi connectivity index (χ0) is 29.8. The summed E-state index contributed by atoms with van der Waals surface area (Å²) in [4.78, 5) is 33.4. The van der Waals surface area contributed by atoms with Crippen LogP contribution in [0.3, 0.4) is 0 Å². The predicted molar refractivity (Wildman–Crippen MR) is 167 cm³/mol. The van der Waals surface area contributed by atoms with Crippen molar-refractivity contribution in [1.82, 2.24) is 15.2 Å². The molecule has 0 unspecified atom stereocenters. The van der Waals surface area contributed by atoms with Gasteiger partial charge in [-0.1, -0.05) is 42.5 Å². The summed E-state index contributed by atoms with van der Waals surface area (Å²) in [5.74, 6) is 5.61. The van der Waals surface area contributed by atoms with E-state index in [0.29, 0.717) is 0 Å². The van der Waals surface area contributed by atoms with Crippen molar-refractivity contribution >= 4 is 38.7 Å². The van der Waals surface area contributed by atoms with Gasteiger partial charge in [-0.05, 0) is 68.4 Å². The number of fused-ring (bicyclic) bond motifs is 2. The second kappa shape index (κ2) is 12.5. The number of hydrogen-bond donors (Lipinski definition) is 2. The van der Waals surface area contributed by atoms with Gasteiger partial charge in [-0.15, -0.1) is 11.3 Å². The molecule has 0 aliphatic carbocycles. The molecule has 2 aliphatic heterocycles. The quantitative estimate of drug-likeness (QED) is 0.285. The second-order valence-electron chi connectivity index (χ2n) is 10.5. The number of nitrogens with zero attached hydrogens (tertiary/aromatic N) is 2. The van der Waals surface area contributed by atoms with Crippen LogP contribution in [0.15, 0.2) is 82.7 Å². The van der Waals surface area contributed by atoms with Gasteiger partial charge in [-0.3, -0.25) is 9.59 Å². The van der Waals surface area contributed by atoms with Crippen molar-refractivity contribution < 1.29 is 18.0 Å². The monoisotopic (exact) mass is 610 g/mol. The van der Waals surface area contributed by atoms with Crippen molar-refractivity contribution in [2.75, 3.05) is 25.0 Å². The van der Waals surface area contributed by atoms with Gasteiger partial charge in [0, 0.05) is 40.7 Å². The highest BCUT2D eigenvalue weighted by atomic mass is 32.2. The molecule has 0 bridgehead atoms. The maximum atomic E-state index is 13.2. The lowest BCUT2D eigenvalue weighted by Gasteiger charge is -2.25. The van der Waals surface area contributed by atoms with Crippen LogP contribution in [0.2, 0.25) is 0 Å². The van der Waals surface area contributed by atoms with Gasteiger partial charge in [0.05, 0.1) is 27.6 Å².